The number of nitrogens with one attached hydrogen (secondary N) is 1. The van der Waals surface area contributed by atoms with Crippen molar-refractivity contribution in [3.05, 3.63) is 42.0 Å². The standard InChI is InChI=1S/C22H29NO5S/c1-5-28-19-10-8-16(13-20(19)26-3)7-6-12-23-22(24)15-29-17-9-11-18(25-2)21(14-17)27-4/h8-11,13-14H,5-7,12,15H2,1-4H3,(H,23,24). The van der Waals surface area contributed by atoms with Gasteiger partial charge in [0.05, 0.1) is 33.7 Å². The minimum atomic E-state index is 0.00839. The Morgan fingerprint density at radius 1 is 0.931 bits per heavy atom. The summed E-state index contributed by atoms with van der Waals surface area (Å²) in [5, 5.41) is 2.96. The summed E-state index contributed by atoms with van der Waals surface area (Å²) >= 11 is 1.46. The third-order valence-corrected chi connectivity index (χ3v) is 5.21. The highest BCUT2D eigenvalue weighted by atomic mass is 32.2. The Bertz CT molecular complexity index is 797. The van der Waals surface area contributed by atoms with Crippen LogP contribution in [-0.2, 0) is 11.2 Å². The van der Waals surface area contributed by atoms with Crippen LogP contribution in [0.2, 0.25) is 0 Å². The number of amides is 1. The first-order chi connectivity index (χ1) is 14.1. The van der Waals surface area contributed by atoms with E-state index in [9.17, 15) is 4.79 Å². The van der Waals surface area contributed by atoms with Gasteiger partial charge in [0.2, 0.25) is 5.91 Å². The van der Waals surface area contributed by atoms with Crippen molar-refractivity contribution in [1.29, 1.82) is 0 Å². The molecule has 0 aliphatic rings. The van der Waals surface area contributed by atoms with Crippen LogP contribution in [0.1, 0.15) is 18.9 Å². The number of benzene rings is 2. The summed E-state index contributed by atoms with van der Waals surface area (Å²) in [6.45, 7) is 3.17. The van der Waals surface area contributed by atoms with E-state index in [-0.39, 0.29) is 5.91 Å². The maximum absolute atomic E-state index is 12.1. The monoisotopic (exact) mass is 419 g/mol. The summed E-state index contributed by atoms with van der Waals surface area (Å²) < 4.78 is 21.4. The maximum atomic E-state index is 12.1. The lowest BCUT2D eigenvalue weighted by Crippen LogP contribution is -2.26. The molecule has 0 aromatic heterocycles. The van der Waals surface area contributed by atoms with Crippen molar-refractivity contribution in [2.75, 3.05) is 40.2 Å². The summed E-state index contributed by atoms with van der Waals surface area (Å²) in [7, 11) is 4.83. The maximum Gasteiger partial charge on any atom is 0.230 e. The molecule has 0 saturated carbocycles. The van der Waals surface area contributed by atoms with E-state index in [1.165, 1.54) is 11.8 Å². The first-order valence-corrected chi connectivity index (χ1v) is 10.5. The summed E-state index contributed by atoms with van der Waals surface area (Å²) in [6.07, 6.45) is 1.70. The Balaban J connectivity index is 1.73. The fraction of sp³-hybridized carbons (Fsp3) is 0.409. The molecule has 2 aromatic carbocycles. The number of ether oxygens (including phenoxy) is 4. The van der Waals surface area contributed by atoms with Gasteiger partial charge in [-0.05, 0) is 55.7 Å². The number of hydrogen-bond donors (Lipinski definition) is 1. The van der Waals surface area contributed by atoms with E-state index in [4.69, 9.17) is 18.9 Å². The number of thioether (sulfide) groups is 1. The molecule has 0 unspecified atom stereocenters. The Morgan fingerprint density at radius 2 is 1.62 bits per heavy atom. The number of aryl methyl sites for hydroxylation is 1. The molecule has 0 spiro atoms. The number of methoxy groups -OCH3 is 3. The van der Waals surface area contributed by atoms with Gasteiger partial charge in [0.1, 0.15) is 0 Å². The van der Waals surface area contributed by atoms with E-state index in [1.807, 2.05) is 43.3 Å². The normalized spacial score (nSPS) is 10.3. The predicted octanol–water partition coefficient (Wildman–Crippen LogP) is 3.95. The van der Waals surface area contributed by atoms with E-state index >= 15 is 0 Å². The SMILES string of the molecule is CCOc1ccc(CCCNC(=O)CSc2ccc(OC)c(OC)c2)cc1OC. The van der Waals surface area contributed by atoms with Crippen molar-refractivity contribution in [1.82, 2.24) is 5.32 Å². The van der Waals surface area contributed by atoms with Crippen molar-refractivity contribution in [3.8, 4) is 23.0 Å². The van der Waals surface area contributed by atoms with E-state index in [1.54, 1.807) is 21.3 Å². The molecule has 2 rings (SSSR count). The van der Waals surface area contributed by atoms with Crippen molar-refractivity contribution in [3.63, 3.8) is 0 Å². The van der Waals surface area contributed by atoms with E-state index in [2.05, 4.69) is 5.32 Å². The molecule has 0 aliphatic heterocycles. The van der Waals surface area contributed by atoms with Crippen LogP contribution in [0, 0.1) is 0 Å². The van der Waals surface area contributed by atoms with Crippen LogP contribution in [0.4, 0.5) is 0 Å². The largest absolute Gasteiger partial charge is 0.493 e. The zero-order valence-corrected chi connectivity index (χ0v) is 18.3. The van der Waals surface area contributed by atoms with Gasteiger partial charge in [0, 0.05) is 11.4 Å². The van der Waals surface area contributed by atoms with Gasteiger partial charge in [0.15, 0.2) is 23.0 Å². The lowest BCUT2D eigenvalue weighted by molar-refractivity contribution is -0.118. The quantitative estimate of drug-likeness (QED) is 0.415. The topological polar surface area (TPSA) is 66.0 Å². The fourth-order valence-electron chi connectivity index (χ4n) is 2.77. The summed E-state index contributed by atoms with van der Waals surface area (Å²) in [6, 6.07) is 11.6. The molecular formula is C22H29NO5S. The molecule has 0 saturated heterocycles. The molecule has 0 atom stereocenters. The minimum absolute atomic E-state index is 0.00839. The van der Waals surface area contributed by atoms with Crippen LogP contribution < -0.4 is 24.3 Å². The number of rotatable bonds is 12. The fourth-order valence-corrected chi connectivity index (χ4v) is 3.52. The van der Waals surface area contributed by atoms with Crippen LogP contribution in [-0.4, -0.2) is 46.1 Å². The van der Waals surface area contributed by atoms with Crippen LogP contribution >= 0.6 is 11.8 Å². The Morgan fingerprint density at radius 3 is 2.31 bits per heavy atom. The highest BCUT2D eigenvalue weighted by Gasteiger charge is 2.08. The average Bonchev–Trinajstić information content (AvgIpc) is 2.75. The molecule has 158 valence electrons. The molecule has 0 aliphatic carbocycles. The molecular weight excluding hydrogens is 390 g/mol. The van der Waals surface area contributed by atoms with Crippen molar-refractivity contribution in [2.45, 2.75) is 24.7 Å². The van der Waals surface area contributed by atoms with Gasteiger partial charge < -0.3 is 24.3 Å². The van der Waals surface area contributed by atoms with E-state index < -0.39 is 0 Å². The van der Waals surface area contributed by atoms with Gasteiger partial charge in [-0.3, -0.25) is 4.79 Å². The molecule has 0 heterocycles. The molecule has 29 heavy (non-hydrogen) atoms. The number of carbonyl (C=O) groups excluding carboxylic acids is 1. The lowest BCUT2D eigenvalue weighted by Gasteiger charge is -2.11. The molecule has 1 N–H and O–H groups in total. The minimum Gasteiger partial charge on any atom is -0.493 e. The van der Waals surface area contributed by atoms with Crippen molar-refractivity contribution in [2.24, 2.45) is 0 Å². The number of hydrogen-bond acceptors (Lipinski definition) is 6. The Hall–Kier alpha value is -2.54. The third kappa shape index (κ3) is 7.09. The Kier molecular flexibility index (Phi) is 9.50. The van der Waals surface area contributed by atoms with Crippen molar-refractivity contribution < 1.29 is 23.7 Å². The Labute approximate surface area is 176 Å². The third-order valence-electron chi connectivity index (χ3n) is 4.22. The molecule has 0 bridgehead atoms. The summed E-state index contributed by atoms with van der Waals surface area (Å²) in [5.74, 6) is 3.18. The summed E-state index contributed by atoms with van der Waals surface area (Å²) in [4.78, 5) is 13.1. The van der Waals surface area contributed by atoms with Crippen LogP contribution in [0.3, 0.4) is 0 Å². The van der Waals surface area contributed by atoms with E-state index in [0.29, 0.717) is 30.4 Å². The second-order valence-electron chi connectivity index (χ2n) is 6.18. The van der Waals surface area contributed by atoms with Crippen LogP contribution in [0.15, 0.2) is 41.3 Å². The van der Waals surface area contributed by atoms with Gasteiger partial charge in [0.25, 0.3) is 0 Å². The zero-order valence-electron chi connectivity index (χ0n) is 17.4. The molecule has 6 nitrogen and oxygen atoms in total. The van der Waals surface area contributed by atoms with Gasteiger partial charge in [-0.2, -0.15) is 0 Å². The average molecular weight is 420 g/mol. The molecule has 2 aromatic rings. The molecule has 0 radical (unpaired) electrons. The van der Waals surface area contributed by atoms with E-state index in [0.717, 1.165) is 34.8 Å². The highest BCUT2D eigenvalue weighted by molar-refractivity contribution is 8.00. The van der Waals surface area contributed by atoms with Gasteiger partial charge >= 0.3 is 0 Å². The van der Waals surface area contributed by atoms with Gasteiger partial charge in [-0.25, -0.2) is 0 Å². The highest BCUT2D eigenvalue weighted by Crippen LogP contribution is 2.31. The van der Waals surface area contributed by atoms with Gasteiger partial charge in [-0.1, -0.05) is 6.07 Å². The first kappa shape index (κ1) is 22.7. The predicted molar refractivity (Wildman–Crippen MR) is 116 cm³/mol. The number of carbonyl (C=O) groups is 1. The summed E-state index contributed by atoms with van der Waals surface area (Å²) in [5.41, 5.74) is 1.15. The first-order valence-electron chi connectivity index (χ1n) is 9.52. The molecule has 0 fully saturated rings. The molecule has 7 heteroatoms. The second-order valence-corrected chi connectivity index (χ2v) is 7.23. The second kappa shape index (κ2) is 12.1. The smallest absolute Gasteiger partial charge is 0.230 e. The van der Waals surface area contributed by atoms with Crippen LogP contribution in [0.5, 0.6) is 23.0 Å². The van der Waals surface area contributed by atoms with Gasteiger partial charge in [-0.15, -0.1) is 11.8 Å². The zero-order chi connectivity index (χ0) is 21.1. The molecule has 1 amide bonds. The van der Waals surface area contributed by atoms with Crippen LogP contribution in [0.25, 0.3) is 0 Å². The van der Waals surface area contributed by atoms with Crippen molar-refractivity contribution >= 4 is 17.7 Å². The lowest BCUT2D eigenvalue weighted by atomic mass is 10.1.